The molecule has 0 aliphatic rings. The predicted molar refractivity (Wildman–Crippen MR) is 131 cm³/mol. The molecule has 2 aromatic carbocycles. The van der Waals surface area contributed by atoms with Gasteiger partial charge in [-0.25, -0.2) is 9.97 Å². The maximum Gasteiger partial charge on any atom is 0.387 e. The molecule has 0 saturated heterocycles. The lowest BCUT2D eigenvalue weighted by Gasteiger charge is -2.12. The van der Waals surface area contributed by atoms with E-state index in [1.165, 1.54) is 0 Å². The molecule has 0 saturated carbocycles. The highest BCUT2D eigenvalue weighted by molar-refractivity contribution is 5.75. The number of nitrogens with one attached hydrogen (secondary N) is 2. The minimum Gasteiger partial charge on any atom is -0.434 e. The van der Waals surface area contributed by atoms with Crippen molar-refractivity contribution < 1.29 is 13.5 Å². The van der Waals surface area contributed by atoms with E-state index in [1.54, 1.807) is 18.3 Å². The van der Waals surface area contributed by atoms with Gasteiger partial charge in [0.2, 0.25) is 0 Å². The highest BCUT2D eigenvalue weighted by Crippen LogP contribution is 2.35. The molecule has 0 radical (unpaired) electrons. The van der Waals surface area contributed by atoms with Gasteiger partial charge in [0.1, 0.15) is 17.4 Å². The average molecular weight is 465 g/mol. The van der Waals surface area contributed by atoms with E-state index in [2.05, 4.69) is 47.6 Å². The minimum absolute atomic E-state index is 0.114. The Bertz CT molecular complexity index is 1230. The molecule has 0 atom stereocenters. The number of aromatic nitrogens is 4. The summed E-state index contributed by atoms with van der Waals surface area (Å²) >= 11 is 0. The first-order valence-electron chi connectivity index (χ1n) is 11.6. The van der Waals surface area contributed by atoms with E-state index in [-0.39, 0.29) is 5.75 Å². The molecule has 0 bridgehead atoms. The summed E-state index contributed by atoms with van der Waals surface area (Å²) in [6, 6.07) is 13.3. The number of halogens is 2. The van der Waals surface area contributed by atoms with Gasteiger partial charge in [-0.05, 0) is 40.7 Å². The number of hydrogen-bond acceptors (Lipinski definition) is 3. The van der Waals surface area contributed by atoms with Crippen LogP contribution in [0.5, 0.6) is 5.75 Å². The average Bonchev–Trinajstić information content (AvgIpc) is 3.42. The van der Waals surface area contributed by atoms with Crippen LogP contribution >= 0.6 is 0 Å². The van der Waals surface area contributed by atoms with Crippen molar-refractivity contribution in [3.05, 3.63) is 66.5 Å². The maximum absolute atomic E-state index is 13.2. The molecule has 2 aromatic heterocycles. The second-order valence-corrected chi connectivity index (χ2v) is 9.35. The number of H-pyrrole nitrogens is 2. The largest absolute Gasteiger partial charge is 0.434 e. The molecule has 0 unspecified atom stereocenters. The molecule has 0 spiro atoms. The number of aromatic amines is 2. The first kappa shape index (κ1) is 23.7. The topological polar surface area (TPSA) is 66.6 Å². The highest BCUT2D eigenvalue weighted by Gasteiger charge is 2.16. The van der Waals surface area contributed by atoms with Crippen LogP contribution in [-0.2, 0) is 12.8 Å². The zero-order valence-corrected chi connectivity index (χ0v) is 19.9. The summed E-state index contributed by atoms with van der Waals surface area (Å²) in [4.78, 5) is 15.4. The van der Waals surface area contributed by atoms with Crippen molar-refractivity contribution in [2.75, 3.05) is 0 Å². The van der Waals surface area contributed by atoms with Gasteiger partial charge in [-0.1, -0.05) is 58.0 Å². The zero-order chi connectivity index (χ0) is 24.2. The third-order valence-corrected chi connectivity index (χ3v) is 5.48. The summed E-state index contributed by atoms with van der Waals surface area (Å²) < 4.78 is 31.3. The molecule has 2 N–H and O–H groups in total. The summed E-state index contributed by atoms with van der Waals surface area (Å²) in [7, 11) is 0. The second kappa shape index (κ2) is 10.2. The standard InChI is InChI=1S/C27H30F2N4O/c1-16(2)11-25-30-14-22(32-25)19-7-5-18(6-8-19)20-9-10-21(24(13-20)34-27(28)29)23-15-31-26(33-23)12-17(3)4/h5-10,13-17,27H,11-12H2,1-4H3,(H,30,32)(H,31,33). The summed E-state index contributed by atoms with van der Waals surface area (Å²) in [5.41, 5.74) is 4.88. The molecular formula is C27H30F2N4O. The maximum atomic E-state index is 13.2. The summed E-state index contributed by atoms with van der Waals surface area (Å²) in [5, 5.41) is 0. The highest BCUT2D eigenvalue weighted by atomic mass is 19.3. The number of nitrogens with zero attached hydrogens (tertiary/aromatic N) is 2. The molecule has 34 heavy (non-hydrogen) atoms. The molecule has 2 heterocycles. The molecule has 178 valence electrons. The van der Waals surface area contributed by atoms with Crippen molar-refractivity contribution in [2.45, 2.75) is 47.1 Å². The van der Waals surface area contributed by atoms with Crippen LogP contribution in [0.2, 0.25) is 0 Å². The van der Waals surface area contributed by atoms with E-state index >= 15 is 0 Å². The Kier molecular flexibility index (Phi) is 7.10. The van der Waals surface area contributed by atoms with Gasteiger partial charge in [-0.2, -0.15) is 8.78 Å². The van der Waals surface area contributed by atoms with Gasteiger partial charge >= 0.3 is 6.61 Å². The molecule has 4 aromatic rings. The second-order valence-electron chi connectivity index (χ2n) is 9.35. The van der Waals surface area contributed by atoms with Crippen LogP contribution in [0.1, 0.15) is 39.3 Å². The molecule has 4 rings (SSSR count). The van der Waals surface area contributed by atoms with Crippen LogP contribution in [0.4, 0.5) is 8.78 Å². The van der Waals surface area contributed by atoms with Crippen LogP contribution in [0.25, 0.3) is 33.6 Å². The Morgan fingerprint density at radius 3 is 1.85 bits per heavy atom. The first-order valence-corrected chi connectivity index (χ1v) is 11.6. The summed E-state index contributed by atoms with van der Waals surface area (Å²) in [5.74, 6) is 2.86. The Morgan fingerprint density at radius 1 is 0.735 bits per heavy atom. The number of hydrogen-bond donors (Lipinski definition) is 2. The number of imidazole rings is 2. The quantitative estimate of drug-likeness (QED) is 0.277. The van der Waals surface area contributed by atoms with E-state index in [0.29, 0.717) is 23.1 Å². The molecule has 0 aliphatic heterocycles. The summed E-state index contributed by atoms with van der Waals surface area (Å²) in [6.07, 6.45) is 5.18. The van der Waals surface area contributed by atoms with E-state index in [4.69, 9.17) is 4.74 Å². The van der Waals surface area contributed by atoms with E-state index in [0.717, 1.165) is 46.9 Å². The van der Waals surface area contributed by atoms with Gasteiger partial charge in [-0.15, -0.1) is 0 Å². The zero-order valence-electron chi connectivity index (χ0n) is 19.9. The van der Waals surface area contributed by atoms with Gasteiger partial charge in [-0.3, -0.25) is 0 Å². The van der Waals surface area contributed by atoms with Crippen molar-refractivity contribution in [1.82, 2.24) is 19.9 Å². The van der Waals surface area contributed by atoms with Crippen LogP contribution in [0, 0.1) is 11.8 Å². The smallest absolute Gasteiger partial charge is 0.387 e. The lowest BCUT2D eigenvalue weighted by molar-refractivity contribution is -0.0494. The van der Waals surface area contributed by atoms with Gasteiger partial charge in [0.15, 0.2) is 0 Å². The monoisotopic (exact) mass is 464 g/mol. The fraction of sp³-hybridized carbons (Fsp3) is 0.333. The third-order valence-electron chi connectivity index (χ3n) is 5.48. The van der Waals surface area contributed by atoms with Crippen molar-refractivity contribution in [1.29, 1.82) is 0 Å². The van der Waals surface area contributed by atoms with Crippen molar-refractivity contribution in [2.24, 2.45) is 11.8 Å². The van der Waals surface area contributed by atoms with Crippen LogP contribution in [0.3, 0.4) is 0 Å². The van der Waals surface area contributed by atoms with E-state index in [9.17, 15) is 8.78 Å². The normalized spacial score (nSPS) is 11.7. The van der Waals surface area contributed by atoms with Crippen molar-refractivity contribution in [3.8, 4) is 39.4 Å². The van der Waals surface area contributed by atoms with E-state index < -0.39 is 6.61 Å². The molecule has 7 heteroatoms. The Labute approximate surface area is 198 Å². The van der Waals surface area contributed by atoms with Crippen molar-refractivity contribution >= 4 is 0 Å². The molecule has 0 amide bonds. The SMILES string of the molecule is CC(C)Cc1ncc(-c2ccc(-c3ccc(-c4cnc(CC(C)C)[nH]4)c(OC(F)F)c3)cc2)[nH]1. The Morgan fingerprint density at radius 2 is 1.26 bits per heavy atom. The van der Waals surface area contributed by atoms with Crippen molar-refractivity contribution in [3.63, 3.8) is 0 Å². The molecular weight excluding hydrogens is 434 g/mol. The number of alkyl halides is 2. The lowest BCUT2D eigenvalue weighted by atomic mass is 10.0. The third kappa shape index (κ3) is 5.71. The van der Waals surface area contributed by atoms with Gasteiger partial charge < -0.3 is 14.7 Å². The van der Waals surface area contributed by atoms with Crippen LogP contribution in [-0.4, -0.2) is 26.5 Å². The molecule has 5 nitrogen and oxygen atoms in total. The van der Waals surface area contributed by atoms with Crippen LogP contribution in [0.15, 0.2) is 54.9 Å². The fourth-order valence-corrected chi connectivity index (χ4v) is 3.95. The van der Waals surface area contributed by atoms with Crippen LogP contribution < -0.4 is 4.74 Å². The molecule has 0 fully saturated rings. The summed E-state index contributed by atoms with van der Waals surface area (Å²) in [6.45, 7) is 5.60. The predicted octanol–water partition coefficient (Wildman–Crippen LogP) is 7.13. The Balaban J connectivity index is 1.60. The number of benzene rings is 2. The number of rotatable bonds is 9. The van der Waals surface area contributed by atoms with Gasteiger partial charge in [0, 0.05) is 18.4 Å². The molecule has 0 aliphatic carbocycles. The van der Waals surface area contributed by atoms with Gasteiger partial charge in [0.05, 0.1) is 23.8 Å². The lowest BCUT2D eigenvalue weighted by Crippen LogP contribution is -2.03. The van der Waals surface area contributed by atoms with E-state index in [1.807, 2.05) is 36.5 Å². The van der Waals surface area contributed by atoms with Gasteiger partial charge in [0.25, 0.3) is 0 Å². The minimum atomic E-state index is -2.92. The fourth-order valence-electron chi connectivity index (χ4n) is 3.95. The first-order chi connectivity index (χ1) is 16.3. The Hall–Kier alpha value is -3.48. The number of ether oxygens (including phenoxy) is 1.